The number of nitrogens with zero attached hydrogens (tertiary/aromatic N) is 6. The predicted octanol–water partition coefficient (Wildman–Crippen LogP) is 4.46. The zero-order valence-electron chi connectivity index (χ0n) is 17.3. The Labute approximate surface area is 185 Å². The van der Waals surface area contributed by atoms with Crippen LogP contribution >= 0.6 is 23.4 Å². The summed E-state index contributed by atoms with van der Waals surface area (Å²) in [7, 11) is 0. The van der Waals surface area contributed by atoms with E-state index in [0.29, 0.717) is 22.5 Å². The quantitative estimate of drug-likeness (QED) is 0.438. The van der Waals surface area contributed by atoms with Gasteiger partial charge >= 0.3 is 0 Å². The highest BCUT2D eigenvalue weighted by atomic mass is 35.5. The monoisotopic (exact) mass is 446 g/mol. The number of thioether (sulfide) groups is 1. The molecular weight excluding hydrogens is 420 g/mol. The second-order valence-corrected chi connectivity index (χ2v) is 8.48. The first-order valence-electron chi connectivity index (χ1n) is 10.1. The molecule has 0 fully saturated rings. The summed E-state index contributed by atoms with van der Waals surface area (Å²) < 4.78 is 2.19. The third-order valence-electron chi connectivity index (χ3n) is 4.85. The molecule has 1 aromatic carbocycles. The molecule has 3 rings (SSSR count). The van der Waals surface area contributed by atoms with E-state index in [4.69, 9.17) is 23.1 Å². The van der Waals surface area contributed by atoms with E-state index in [9.17, 15) is 0 Å². The van der Waals surface area contributed by atoms with E-state index in [-0.39, 0.29) is 11.9 Å². The lowest BCUT2D eigenvalue weighted by molar-refractivity contribution is 0.380. The molecule has 0 amide bonds. The minimum atomic E-state index is 0.118. The molecule has 2 heterocycles. The van der Waals surface area contributed by atoms with E-state index < -0.39 is 0 Å². The smallest absolute Gasteiger partial charge is 0.225 e. The fourth-order valence-corrected chi connectivity index (χ4v) is 4.13. The summed E-state index contributed by atoms with van der Waals surface area (Å²) in [6, 6.07) is 7.68. The van der Waals surface area contributed by atoms with Gasteiger partial charge in [-0.05, 0) is 36.6 Å². The van der Waals surface area contributed by atoms with Gasteiger partial charge in [-0.15, -0.1) is 10.2 Å². The Bertz CT molecular complexity index is 940. The topological polar surface area (TPSA) is 121 Å². The number of nitrogen functional groups attached to an aromatic ring is 2. The van der Waals surface area contributed by atoms with Gasteiger partial charge in [-0.3, -0.25) is 0 Å². The molecule has 0 bridgehead atoms. The van der Waals surface area contributed by atoms with E-state index >= 15 is 0 Å². The zero-order chi connectivity index (χ0) is 21.5. The summed E-state index contributed by atoms with van der Waals surface area (Å²) in [5, 5.41) is 10.4. The van der Waals surface area contributed by atoms with Crippen LogP contribution in [0.4, 0.5) is 11.9 Å². The van der Waals surface area contributed by atoms with Crippen molar-refractivity contribution in [2.45, 2.75) is 57.0 Å². The lowest BCUT2D eigenvalue weighted by atomic mass is 9.99. The first kappa shape index (κ1) is 22.3. The van der Waals surface area contributed by atoms with Crippen molar-refractivity contribution in [1.82, 2.24) is 29.7 Å². The lowest BCUT2D eigenvalue weighted by Gasteiger charge is -2.18. The third kappa shape index (κ3) is 5.82. The van der Waals surface area contributed by atoms with Crippen LogP contribution in [0.15, 0.2) is 29.4 Å². The van der Waals surface area contributed by atoms with Crippen LogP contribution < -0.4 is 11.5 Å². The van der Waals surface area contributed by atoms with Gasteiger partial charge < -0.3 is 16.0 Å². The van der Waals surface area contributed by atoms with Crippen LogP contribution in [0.25, 0.3) is 11.4 Å². The van der Waals surface area contributed by atoms with Crippen molar-refractivity contribution in [3.8, 4) is 11.4 Å². The van der Waals surface area contributed by atoms with Gasteiger partial charge in [0.2, 0.25) is 11.9 Å². The van der Waals surface area contributed by atoms with Gasteiger partial charge in [0.15, 0.2) is 11.0 Å². The summed E-state index contributed by atoms with van der Waals surface area (Å²) in [4.78, 5) is 12.1. The number of benzene rings is 1. The normalized spacial score (nSPS) is 12.2. The number of nitrogens with two attached hydrogens (primary N) is 2. The molecule has 0 aliphatic rings. The van der Waals surface area contributed by atoms with Crippen LogP contribution in [0.1, 0.15) is 45.4 Å². The molecule has 0 saturated carbocycles. The summed E-state index contributed by atoms with van der Waals surface area (Å²) in [6.07, 6.45) is 4.67. The maximum absolute atomic E-state index is 6.06. The Morgan fingerprint density at radius 3 is 2.37 bits per heavy atom. The Balaban J connectivity index is 1.88. The fourth-order valence-electron chi connectivity index (χ4n) is 3.20. The molecule has 160 valence electrons. The minimum absolute atomic E-state index is 0.118. The minimum Gasteiger partial charge on any atom is -0.368 e. The number of hydrogen-bond donors (Lipinski definition) is 2. The molecule has 0 spiro atoms. The second kappa shape index (κ2) is 10.6. The molecule has 30 heavy (non-hydrogen) atoms. The SMILES string of the molecule is CCCC[C@@H](CC)Cn1c(SCc2nc(N)nc(N)n2)nnc1-c1ccc(Cl)cc1. The van der Waals surface area contributed by atoms with Crippen LogP contribution in [0.5, 0.6) is 0 Å². The molecule has 8 nitrogen and oxygen atoms in total. The molecular formula is C20H27ClN8S. The number of hydrogen-bond acceptors (Lipinski definition) is 8. The third-order valence-corrected chi connectivity index (χ3v) is 6.06. The lowest BCUT2D eigenvalue weighted by Crippen LogP contribution is -2.13. The summed E-state index contributed by atoms with van der Waals surface area (Å²) >= 11 is 7.58. The van der Waals surface area contributed by atoms with Crippen molar-refractivity contribution in [2.24, 2.45) is 5.92 Å². The van der Waals surface area contributed by atoms with Gasteiger partial charge in [-0.1, -0.05) is 56.5 Å². The highest BCUT2D eigenvalue weighted by Crippen LogP contribution is 2.29. The van der Waals surface area contributed by atoms with Crippen molar-refractivity contribution in [1.29, 1.82) is 0 Å². The van der Waals surface area contributed by atoms with Crippen molar-refractivity contribution < 1.29 is 0 Å². The first-order chi connectivity index (χ1) is 14.5. The molecule has 2 aromatic heterocycles. The predicted molar refractivity (Wildman–Crippen MR) is 122 cm³/mol. The summed E-state index contributed by atoms with van der Waals surface area (Å²) in [5.74, 6) is 2.61. The van der Waals surface area contributed by atoms with Gasteiger partial charge in [0.25, 0.3) is 0 Å². The summed E-state index contributed by atoms with van der Waals surface area (Å²) in [5.41, 5.74) is 12.4. The number of aromatic nitrogens is 6. The van der Waals surface area contributed by atoms with Crippen LogP contribution in [0.2, 0.25) is 5.02 Å². The Hall–Kier alpha value is -2.39. The van der Waals surface area contributed by atoms with Crippen LogP contribution in [-0.4, -0.2) is 29.7 Å². The largest absolute Gasteiger partial charge is 0.368 e. The molecule has 0 aliphatic carbocycles. The van der Waals surface area contributed by atoms with Gasteiger partial charge in [0.05, 0.1) is 5.75 Å². The Morgan fingerprint density at radius 1 is 1.03 bits per heavy atom. The van der Waals surface area contributed by atoms with Crippen LogP contribution in [0.3, 0.4) is 0 Å². The molecule has 0 radical (unpaired) electrons. The molecule has 10 heteroatoms. The van der Waals surface area contributed by atoms with Crippen molar-refractivity contribution >= 4 is 35.3 Å². The number of rotatable bonds is 10. The van der Waals surface area contributed by atoms with E-state index in [1.807, 2.05) is 24.3 Å². The molecule has 4 N–H and O–H groups in total. The Kier molecular flexibility index (Phi) is 7.87. The highest BCUT2D eigenvalue weighted by Gasteiger charge is 2.18. The van der Waals surface area contributed by atoms with Gasteiger partial charge in [-0.2, -0.15) is 15.0 Å². The second-order valence-electron chi connectivity index (χ2n) is 7.10. The number of unbranched alkanes of at least 4 members (excludes halogenated alkanes) is 1. The van der Waals surface area contributed by atoms with Gasteiger partial charge in [-0.25, -0.2) is 0 Å². The van der Waals surface area contributed by atoms with E-state index in [2.05, 4.69) is 43.6 Å². The maximum atomic E-state index is 6.06. The van der Waals surface area contributed by atoms with Crippen LogP contribution in [0, 0.1) is 5.92 Å². The fraction of sp³-hybridized carbons (Fsp3) is 0.450. The van der Waals surface area contributed by atoms with E-state index in [0.717, 1.165) is 29.5 Å². The van der Waals surface area contributed by atoms with Crippen molar-refractivity contribution in [3.63, 3.8) is 0 Å². The maximum Gasteiger partial charge on any atom is 0.225 e. The van der Waals surface area contributed by atoms with Crippen molar-refractivity contribution in [3.05, 3.63) is 35.1 Å². The van der Waals surface area contributed by atoms with E-state index in [1.54, 1.807) is 0 Å². The molecule has 3 aromatic rings. The first-order valence-corrected chi connectivity index (χ1v) is 11.4. The van der Waals surface area contributed by atoms with Crippen LogP contribution in [-0.2, 0) is 12.3 Å². The standard InChI is InChI=1S/C20H27ClN8S/c1-3-5-6-13(4-2)11-29-17(14-7-9-15(21)10-8-14)27-28-20(29)30-12-16-24-18(22)26-19(23)25-16/h7-10,13H,3-6,11-12H2,1-2H3,(H4,22,23,24,25,26)/t13-/m1/s1. The van der Waals surface area contributed by atoms with E-state index in [1.165, 1.54) is 31.0 Å². The average molecular weight is 447 g/mol. The zero-order valence-corrected chi connectivity index (χ0v) is 18.8. The molecule has 0 saturated heterocycles. The highest BCUT2D eigenvalue weighted by molar-refractivity contribution is 7.98. The summed E-state index contributed by atoms with van der Waals surface area (Å²) in [6.45, 7) is 5.30. The van der Waals surface area contributed by atoms with Gasteiger partial charge in [0, 0.05) is 17.1 Å². The van der Waals surface area contributed by atoms with Crippen molar-refractivity contribution in [2.75, 3.05) is 11.5 Å². The number of halogens is 1. The molecule has 1 atom stereocenters. The molecule has 0 unspecified atom stereocenters. The Morgan fingerprint density at radius 2 is 1.73 bits per heavy atom. The van der Waals surface area contributed by atoms with Gasteiger partial charge in [0.1, 0.15) is 5.82 Å². The molecule has 0 aliphatic heterocycles. The number of anilines is 2. The average Bonchev–Trinajstić information content (AvgIpc) is 3.11.